The van der Waals surface area contributed by atoms with Crippen molar-refractivity contribution >= 4 is 66.2 Å². The predicted molar refractivity (Wildman–Crippen MR) is 599 cm³/mol. The highest BCUT2D eigenvalue weighted by atomic mass is 15.0. The summed E-state index contributed by atoms with van der Waals surface area (Å²) < 4.78 is 0. The summed E-state index contributed by atoms with van der Waals surface area (Å²) in [5.41, 5.74) is 46.8. The van der Waals surface area contributed by atoms with E-state index in [1.165, 1.54) is 0 Å². The molecule has 0 amide bonds. The molecule has 0 N–H and O–H groups in total. The van der Waals surface area contributed by atoms with E-state index in [4.69, 9.17) is 59.8 Å². The van der Waals surface area contributed by atoms with Gasteiger partial charge in [0, 0.05) is 66.8 Å². The van der Waals surface area contributed by atoms with Crippen molar-refractivity contribution in [1.82, 2.24) is 59.8 Å². The van der Waals surface area contributed by atoms with Gasteiger partial charge in [0.2, 0.25) is 0 Å². The summed E-state index contributed by atoms with van der Waals surface area (Å²) in [6.45, 7) is 27.5. The first kappa shape index (κ1) is 89.6. The molecule has 0 aliphatic carbocycles. The summed E-state index contributed by atoms with van der Waals surface area (Å²) in [7, 11) is 0. The molecular weight excluding hydrogens is 1770 g/mol. The Morgan fingerprint density at radius 3 is 0.407 bits per heavy atom. The highest BCUT2D eigenvalue weighted by molar-refractivity contribution is 6.12. The lowest BCUT2D eigenvalue weighted by atomic mass is 9.93. The molecule has 0 saturated carbocycles. The lowest BCUT2D eigenvalue weighted by Crippen LogP contribution is -2.09. The SMILES string of the molecule is Cc1ccc(-c2ccc(-c3ccc(C)cc3)c3nc(-c4nc5c(-c6ccc(C)cc6)ccc(-c6ccc(C)cc6)c5nc4-c4nc5c(-c6ccc(C)cc6)ccc(-c6ccc(C)cc6)c5nc4-c4nc5c(-c6ccc(C)cc6)ccc(-c6ccc(C)cc6)c5nc4-c4nc5c(-c6ccc(C)cc6)ccc(-c6ccc(C)cc6)c5nc4-c4nc5c(-c6ccc(C)cc6)ccc(-c6ccc(C)cc6)c5nc4C)cnc23)cc1. The van der Waals surface area contributed by atoms with E-state index in [9.17, 15) is 0 Å². The number of rotatable bonds is 17. The second kappa shape index (κ2) is 36.6. The molecule has 0 radical (unpaired) electrons. The highest BCUT2D eigenvalue weighted by Gasteiger charge is 2.35. The maximum absolute atomic E-state index is 6.57. The van der Waals surface area contributed by atoms with Crippen LogP contribution in [-0.4, -0.2) is 59.8 Å². The van der Waals surface area contributed by atoms with Gasteiger partial charge in [-0.2, -0.15) is 0 Å². The topological polar surface area (TPSA) is 155 Å². The molecule has 6 heterocycles. The van der Waals surface area contributed by atoms with Gasteiger partial charge >= 0.3 is 0 Å². The average Bonchev–Trinajstić information content (AvgIpc) is 0.711. The number of aromatic nitrogens is 12. The van der Waals surface area contributed by atoms with Crippen LogP contribution < -0.4 is 0 Å². The van der Waals surface area contributed by atoms with E-state index in [2.05, 4.69) is 454 Å². The van der Waals surface area contributed by atoms with E-state index in [1.54, 1.807) is 0 Å². The van der Waals surface area contributed by atoms with Gasteiger partial charge in [0.15, 0.2) is 0 Å². The zero-order valence-electron chi connectivity index (χ0n) is 83.1. The van der Waals surface area contributed by atoms with Crippen molar-refractivity contribution in [2.24, 2.45) is 0 Å². The molecule has 0 fully saturated rings. The number of hydrogen-bond acceptors (Lipinski definition) is 12. The van der Waals surface area contributed by atoms with Crippen LogP contribution in [0.25, 0.3) is 257 Å². The molecule has 12 heteroatoms. The minimum atomic E-state index is 0.296. The second-order valence-electron chi connectivity index (χ2n) is 39.1. The van der Waals surface area contributed by atoms with Crippen molar-refractivity contribution in [3.05, 3.63) is 443 Å². The third-order valence-electron chi connectivity index (χ3n) is 28.5. The molecule has 0 unspecified atom stereocenters. The summed E-state index contributed by atoms with van der Waals surface area (Å²) in [5, 5.41) is 0. The Morgan fingerprint density at radius 1 is 0.110 bits per heavy atom. The fourth-order valence-corrected chi connectivity index (χ4v) is 20.1. The minimum absolute atomic E-state index is 0.296. The molecular formula is C133H100N12. The number of benzene rings is 18. The van der Waals surface area contributed by atoms with Gasteiger partial charge in [-0.05, 0) is 157 Å². The Bertz CT molecular complexity index is 9310. The first-order valence-electron chi connectivity index (χ1n) is 49.5. The van der Waals surface area contributed by atoms with Crippen molar-refractivity contribution in [2.75, 3.05) is 0 Å². The standard InChI is InChI=1S/C133H100N12/c1-75-14-38-88(39-15-75)100-62-63-101(89-40-16-76(2)17-41-89)115-114(100)134-74-112(136-115)126-128(140-119-105(93-48-24-80(6)25-49-93)67-66-104(118(119)138-126)92-46-22-79(5)23-47-92)130-132(144-123-109(97-56-32-84(10)33-57-97)71-70-108(122(123)142-130)96-54-30-83(9)31-55-96)133-131(143-124-110(98-58-34-85(11)35-59-98)72-73-111(125(124)145-133)99-60-36-86(12)37-61-99)129-127(139-120-106(94-50-26-81(7)27-51-94)68-69-107(121(120)141-129)95-52-28-82(8)29-53-95)113-87(13)135-116-102(90-42-18-77(3)19-43-90)64-65-103(117(116)137-113)91-44-20-78(4)21-45-91/h14-74H,1-13H3. The van der Waals surface area contributed by atoms with Crippen LogP contribution in [0, 0.1) is 90.0 Å². The zero-order chi connectivity index (χ0) is 98.7. The Morgan fingerprint density at radius 2 is 0.234 bits per heavy atom. The average molecular weight is 1870 g/mol. The largest absolute Gasteiger partial charge is 0.252 e. The van der Waals surface area contributed by atoms with E-state index >= 15 is 0 Å². The van der Waals surface area contributed by atoms with Gasteiger partial charge in [0.05, 0.1) is 78.1 Å². The fourth-order valence-electron chi connectivity index (χ4n) is 20.1. The van der Waals surface area contributed by atoms with Crippen molar-refractivity contribution < 1.29 is 0 Å². The van der Waals surface area contributed by atoms with Crippen LogP contribution in [-0.2, 0) is 0 Å². The Labute approximate surface area is 843 Å². The van der Waals surface area contributed by atoms with Crippen LogP contribution >= 0.6 is 0 Å². The smallest absolute Gasteiger partial charge is 0.120 e. The Kier molecular flexibility index (Phi) is 22.6. The molecule has 145 heavy (non-hydrogen) atoms. The third kappa shape index (κ3) is 16.7. The summed E-state index contributed by atoms with van der Waals surface area (Å²) in [5.74, 6) is 0. The summed E-state index contributed by atoms with van der Waals surface area (Å²) in [6.07, 6.45) is 1.88. The maximum atomic E-state index is 6.57. The van der Waals surface area contributed by atoms with E-state index in [1.807, 2.05) is 6.20 Å². The van der Waals surface area contributed by atoms with E-state index in [0.717, 1.165) is 206 Å². The van der Waals surface area contributed by atoms with Crippen LogP contribution in [0.3, 0.4) is 0 Å². The summed E-state index contributed by atoms with van der Waals surface area (Å²) in [4.78, 5) is 75.8. The van der Waals surface area contributed by atoms with Gasteiger partial charge in [-0.1, -0.05) is 431 Å². The molecule has 0 spiro atoms. The molecule has 0 aliphatic heterocycles. The predicted octanol–water partition coefficient (Wildman–Crippen LogP) is 33.7. The van der Waals surface area contributed by atoms with Crippen LogP contribution in [0.4, 0.5) is 0 Å². The fraction of sp³-hybridized carbons (Fsp3) is 0.0977. The van der Waals surface area contributed by atoms with Crippen molar-refractivity contribution in [2.45, 2.75) is 90.0 Å². The van der Waals surface area contributed by atoms with Gasteiger partial charge < -0.3 is 0 Å². The molecule has 692 valence electrons. The number of nitrogens with zero attached hydrogens (tertiary/aromatic N) is 12. The monoisotopic (exact) mass is 1860 g/mol. The maximum Gasteiger partial charge on any atom is 0.120 e. The van der Waals surface area contributed by atoms with E-state index < -0.39 is 0 Å². The van der Waals surface area contributed by atoms with Gasteiger partial charge in [-0.3, -0.25) is 4.98 Å². The minimum Gasteiger partial charge on any atom is -0.252 e. The molecule has 18 aromatic carbocycles. The lowest BCUT2D eigenvalue weighted by molar-refractivity contribution is 1.15. The first-order valence-corrected chi connectivity index (χ1v) is 49.5. The number of aryl methyl sites for hydroxylation is 13. The molecule has 0 saturated heterocycles. The van der Waals surface area contributed by atoms with Crippen molar-refractivity contribution in [1.29, 1.82) is 0 Å². The molecule has 24 aromatic rings. The van der Waals surface area contributed by atoms with E-state index in [-0.39, 0.29) is 0 Å². The second-order valence-corrected chi connectivity index (χ2v) is 39.1. The summed E-state index contributed by atoms with van der Waals surface area (Å²) >= 11 is 0. The van der Waals surface area contributed by atoms with Crippen LogP contribution in [0.2, 0.25) is 0 Å². The van der Waals surface area contributed by atoms with Crippen molar-refractivity contribution in [3.8, 4) is 190 Å². The molecule has 6 aromatic heterocycles. The third-order valence-corrected chi connectivity index (χ3v) is 28.5. The zero-order valence-corrected chi connectivity index (χ0v) is 83.1. The normalized spacial score (nSPS) is 11.6. The molecule has 24 rings (SSSR count). The highest BCUT2D eigenvalue weighted by Crippen LogP contribution is 2.51. The van der Waals surface area contributed by atoms with E-state index in [0.29, 0.717) is 123 Å². The molecule has 0 bridgehead atoms. The number of fused-ring (bicyclic) bond motifs is 6. The molecule has 12 nitrogen and oxygen atoms in total. The number of hydrogen-bond donors (Lipinski definition) is 0. The van der Waals surface area contributed by atoms with Gasteiger partial charge in [0.25, 0.3) is 0 Å². The van der Waals surface area contributed by atoms with Gasteiger partial charge in [-0.25, -0.2) is 54.8 Å². The van der Waals surface area contributed by atoms with Crippen LogP contribution in [0.1, 0.15) is 72.5 Å². The first-order chi connectivity index (χ1) is 70.6. The lowest BCUT2D eigenvalue weighted by Gasteiger charge is -2.21. The van der Waals surface area contributed by atoms with Crippen molar-refractivity contribution in [3.63, 3.8) is 0 Å². The Hall–Kier alpha value is -18.0. The quantitative estimate of drug-likeness (QED) is 0.0852. The van der Waals surface area contributed by atoms with Crippen LogP contribution in [0.5, 0.6) is 0 Å². The summed E-state index contributed by atoms with van der Waals surface area (Å²) in [6, 6.07) is 130. The molecule has 0 atom stereocenters. The van der Waals surface area contributed by atoms with Gasteiger partial charge in [0.1, 0.15) is 56.9 Å². The van der Waals surface area contributed by atoms with Crippen LogP contribution in [0.15, 0.2) is 370 Å². The van der Waals surface area contributed by atoms with Gasteiger partial charge in [-0.15, -0.1) is 0 Å². The molecule has 0 aliphatic rings. The Balaban J connectivity index is 0.932.